The van der Waals surface area contributed by atoms with Gasteiger partial charge in [-0.05, 0) is 30.0 Å². The molecule has 90 valence electrons. The molecule has 0 saturated heterocycles. The molecule has 0 bridgehead atoms. The highest BCUT2D eigenvalue weighted by molar-refractivity contribution is 6.30. The number of hydrogen-bond donors (Lipinski definition) is 1. The lowest BCUT2D eigenvalue weighted by molar-refractivity contribution is 0.0515. The molecule has 1 aromatic rings. The summed E-state index contributed by atoms with van der Waals surface area (Å²) in [6.45, 7) is 5.62. The summed E-state index contributed by atoms with van der Waals surface area (Å²) < 4.78 is 5.76. The third kappa shape index (κ3) is 4.52. The molecule has 1 rings (SSSR count). The summed E-state index contributed by atoms with van der Waals surface area (Å²) in [5, 5.41) is 0.738. The Hall–Kier alpha value is -0.570. The molecule has 16 heavy (non-hydrogen) atoms. The van der Waals surface area contributed by atoms with Crippen LogP contribution in [0.1, 0.15) is 31.9 Å². The molecule has 0 spiro atoms. The molecule has 0 radical (unpaired) electrons. The van der Waals surface area contributed by atoms with Crippen LogP contribution in [0, 0.1) is 5.92 Å². The Balaban J connectivity index is 2.50. The third-order valence-electron chi connectivity index (χ3n) is 2.47. The lowest BCUT2D eigenvalue weighted by atomic mass is 10.1. The van der Waals surface area contributed by atoms with Crippen molar-refractivity contribution in [1.29, 1.82) is 0 Å². The second-order valence-electron chi connectivity index (χ2n) is 4.33. The van der Waals surface area contributed by atoms with E-state index in [2.05, 4.69) is 13.8 Å². The van der Waals surface area contributed by atoms with E-state index in [4.69, 9.17) is 22.1 Å². The van der Waals surface area contributed by atoms with Gasteiger partial charge in [-0.3, -0.25) is 0 Å². The van der Waals surface area contributed by atoms with Crippen molar-refractivity contribution in [2.75, 3.05) is 13.2 Å². The summed E-state index contributed by atoms with van der Waals surface area (Å²) in [4.78, 5) is 0. The van der Waals surface area contributed by atoms with E-state index in [1.165, 1.54) is 0 Å². The Morgan fingerprint density at radius 1 is 1.25 bits per heavy atom. The molecule has 2 N–H and O–H groups in total. The number of ether oxygens (including phenoxy) is 1. The summed E-state index contributed by atoms with van der Waals surface area (Å²) in [5.41, 5.74) is 6.79. The van der Waals surface area contributed by atoms with Crippen LogP contribution in [0.15, 0.2) is 24.3 Å². The van der Waals surface area contributed by atoms with Gasteiger partial charge in [0.15, 0.2) is 0 Å². The number of hydrogen-bond acceptors (Lipinski definition) is 2. The van der Waals surface area contributed by atoms with Crippen molar-refractivity contribution >= 4 is 11.6 Å². The van der Waals surface area contributed by atoms with Gasteiger partial charge in [0.25, 0.3) is 0 Å². The fourth-order valence-corrected chi connectivity index (χ4v) is 1.55. The van der Waals surface area contributed by atoms with Gasteiger partial charge < -0.3 is 10.5 Å². The van der Waals surface area contributed by atoms with Crippen molar-refractivity contribution in [3.63, 3.8) is 0 Å². The fourth-order valence-electron chi connectivity index (χ4n) is 1.42. The molecule has 1 aromatic carbocycles. The van der Waals surface area contributed by atoms with Crippen molar-refractivity contribution in [3.05, 3.63) is 34.9 Å². The van der Waals surface area contributed by atoms with Crippen molar-refractivity contribution in [3.8, 4) is 0 Å². The van der Waals surface area contributed by atoms with Crippen LogP contribution in [-0.4, -0.2) is 13.2 Å². The van der Waals surface area contributed by atoms with Crippen LogP contribution < -0.4 is 5.73 Å². The van der Waals surface area contributed by atoms with Crippen LogP contribution >= 0.6 is 11.6 Å². The molecule has 0 fully saturated rings. The molecule has 0 saturated carbocycles. The monoisotopic (exact) mass is 241 g/mol. The van der Waals surface area contributed by atoms with Crippen LogP contribution in [0.2, 0.25) is 5.02 Å². The topological polar surface area (TPSA) is 35.2 Å². The van der Waals surface area contributed by atoms with Crippen molar-refractivity contribution in [2.24, 2.45) is 11.7 Å². The van der Waals surface area contributed by atoms with Crippen molar-refractivity contribution in [2.45, 2.75) is 26.4 Å². The van der Waals surface area contributed by atoms with E-state index in [1.807, 2.05) is 24.3 Å². The Labute approximate surface area is 103 Å². The molecule has 0 aliphatic heterocycles. The zero-order valence-corrected chi connectivity index (χ0v) is 10.7. The Morgan fingerprint density at radius 2 is 1.88 bits per heavy atom. The molecule has 0 aliphatic carbocycles. The van der Waals surface area contributed by atoms with Gasteiger partial charge in [0, 0.05) is 18.2 Å². The highest BCUT2D eigenvalue weighted by Gasteiger charge is 2.09. The van der Waals surface area contributed by atoms with E-state index in [0.717, 1.165) is 23.6 Å². The van der Waals surface area contributed by atoms with Gasteiger partial charge in [0.2, 0.25) is 0 Å². The molecule has 0 unspecified atom stereocenters. The molecule has 0 aliphatic rings. The average molecular weight is 242 g/mol. The van der Waals surface area contributed by atoms with Crippen molar-refractivity contribution < 1.29 is 4.74 Å². The third-order valence-corrected chi connectivity index (χ3v) is 2.72. The van der Waals surface area contributed by atoms with Gasteiger partial charge in [-0.1, -0.05) is 37.6 Å². The SMILES string of the molecule is CC(C)CCO[C@@H](CN)c1ccc(Cl)cc1. The van der Waals surface area contributed by atoms with E-state index >= 15 is 0 Å². The van der Waals surface area contributed by atoms with Crippen molar-refractivity contribution in [1.82, 2.24) is 0 Å². The maximum atomic E-state index is 5.83. The fraction of sp³-hybridized carbons (Fsp3) is 0.538. The predicted molar refractivity (Wildman–Crippen MR) is 68.7 cm³/mol. The first-order chi connectivity index (χ1) is 7.63. The average Bonchev–Trinajstić information content (AvgIpc) is 2.26. The summed E-state index contributed by atoms with van der Waals surface area (Å²) in [6.07, 6.45) is 1.04. The quantitative estimate of drug-likeness (QED) is 0.829. The molecule has 0 aromatic heterocycles. The molecular formula is C13H20ClNO. The van der Waals surface area contributed by atoms with Gasteiger partial charge in [-0.15, -0.1) is 0 Å². The number of benzene rings is 1. The van der Waals surface area contributed by atoms with Crippen LogP contribution in [-0.2, 0) is 4.74 Å². The van der Waals surface area contributed by atoms with Crippen LogP contribution in [0.4, 0.5) is 0 Å². The maximum absolute atomic E-state index is 5.83. The molecular weight excluding hydrogens is 222 g/mol. The first kappa shape index (κ1) is 13.5. The maximum Gasteiger partial charge on any atom is 0.0947 e. The minimum Gasteiger partial charge on any atom is -0.372 e. The molecule has 0 amide bonds. The second-order valence-corrected chi connectivity index (χ2v) is 4.77. The standard InChI is InChI=1S/C13H20ClNO/c1-10(2)7-8-16-13(9-15)11-3-5-12(14)6-4-11/h3-6,10,13H,7-9,15H2,1-2H3/t13-/m0/s1. The molecule has 1 atom stereocenters. The summed E-state index contributed by atoms with van der Waals surface area (Å²) in [5.74, 6) is 0.656. The van der Waals surface area contributed by atoms with Crippen LogP contribution in [0.25, 0.3) is 0 Å². The van der Waals surface area contributed by atoms with E-state index in [0.29, 0.717) is 12.5 Å². The molecule has 2 nitrogen and oxygen atoms in total. The van der Waals surface area contributed by atoms with Crippen LogP contribution in [0.5, 0.6) is 0 Å². The highest BCUT2D eigenvalue weighted by Crippen LogP contribution is 2.19. The largest absolute Gasteiger partial charge is 0.372 e. The first-order valence-electron chi connectivity index (χ1n) is 5.70. The van der Waals surface area contributed by atoms with Gasteiger partial charge in [0.05, 0.1) is 6.10 Å². The van der Waals surface area contributed by atoms with E-state index in [-0.39, 0.29) is 6.10 Å². The van der Waals surface area contributed by atoms with Gasteiger partial charge in [0.1, 0.15) is 0 Å². The summed E-state index contributed by atoms with van der Waals surface area (Å²) in [7, 11) is 0. The Bertz CT molecular complexity index is 297. The number of nitrogens with two attached hydrogens (primary N) is 1. The Morgan fingerprint density at radius 3 is 2.38 bits per heavy atom. The summed E-state index contributed by atoms with van der Waals surface area (Å²) in [6, 6.07) is 7.67. The van der Waals surface area contributed by atoms with Gasteiger partial charge >= 0.3 is 0 Å². The lowest BCUT2D eigenvalue weighted by Crippen LogP contribution is -2.17. The zero-order valence-electron chi connectivity index (χ0n) is 9.95. The zero-order chi connectivity index (χ0) is 12.0. The van der Waals surface area contributed by atoms with E-state index in [9.17, 15) is 0 Å². The van der Waals surface area contributed by atoms with Crippen LogP contribution in [0.3, 0.4) is 0 Å². The normalized spacial score (nSPS) is 13.1. The van der Waals surface area contributed by atoms with Gasteiger partial charge in [-0.25, -0.2) is 0 Å². The highest BCUT2D eigenvalue weighted by atomic mass is 35.5. The summed E-state index contributed by atoms with van der Waals surface area (Å²) >= 11 is 5.83. The lowest BCUT2D eigenvalue weighted by Gasteiger charge is -2.17. The minimum absolute atomic E-state index is 0.0176. The molecule has 3 heteroatoms. The number of halogens is 1. The Kier molecular flexibility index (Phi) is 5.81. The number of rotatable bonds is 6. The van der Waals surface area contributed by atoms with Gasteiger partial charge in [-0.2, -0.15) is 0 Å². The minimum atomic E-state index is -0.0176. The van der Waals surface area contributed by atoms with E-state index in [1.54, 1.807) is 0 Å². The van der Waals surface area contributed by atoms with E-state index < -0.39 is 0 Å². The smallest absolute Gasteiger partial charge is 0.0947 e. The molecule has 0 heterocycles. The predicted octanol–water partition coefficient (Wildman–Crippen LogP) is 3.40. The second kappa shape index (κ2) is 6.89. The first-order valence-corrected chi connectivity index (χ1v) is 6.08.